The molecule has 0 aromatic rings. The molecule has 0 heterocycles. The van der Waals surface area contributed by atoms with Crippen LogP contribution in [-0.4, -0.2) is 0 Å². The quantitative estimate of drug-likeness (QED) is 0.254. The molecule has 0 unspecified atom stereocenters. The first-order chi connectivity index (χ1) is 8.41. The van der Waals surface area contributed by atoms with Gasteiger partial charge in [-0.05, 0) is 25.7 Å². The van der Waals surface area contributed by atoms with Gasteiger partial charge in [0.25, 0.3) is 0 Å². The topological polar surface area (TPSA) is 0 Å². The van der Waals surface area contributed by atoms with Crippen molar-refractivity contribution >= 4 is 0 Å². The minimum Gasteiger partial charge on any atom is -0.0885 e. The highest BCUT2D eigenvalue weighted by Crippen LogP contribution is 2.10. The second kappa shape index (κ2) is 15.7. The average molecular weight is 237 g/mol. The number of rotatable bonds is 13. The minimum absolute atomic E-state index is 1.09. The Kier molecular flexibility index (Phi) is 15.5. The van der Waals surface area contributed by atoms with Crippen molar-refractivity contribution in [1.82, 2.24) is 0 Å². The van der Waals surface area contributed by atoms with Crippen LogP contribution in [0.5, 0.6) is 0 Å². The van der Waals surface area contributed by atoms with Gasteiger partial charge >= 0.3 is 0 Å². The molecule has 101 valence electrons. The maximum absolute atomic E-state index is 3.86. The van der Waals surface area contributed by atoms with Crippen molar-refractivity contribution in [3.05, 3.63) is 19.1 Å². The van der Waals surface area contributed by atoms with Crippen LogP contribution in [0.4, 0.5) is 0 Å². The largest absolute Gasteiger partial charge is 0.0885 e. The molecule has 0 saturated heterocycles. The van der Waals surface area contributed by atoms with Crippen molar-refractivity contribution in [3.63, 3.8) is 0 Å². The Balaban J connectivity index is 2.97. The number of hydrogen-bond acceptors (Lipinski definition) is 0. The highest BCUT2D eigenvalue weighted by Gasteiger charge is 1.90. The van der Waals surface area contributed by atoms with Crippen LogP contribution < -0.4 is 0 Å². The van der Waals surface area contributed by atoms with Crippen molar-refractivity contribution in [2.45, 2.75) is 90.4 Å². The summed E-state index contributed by atoms with van der Waals surface area (Å²) in [5.74, 6) is 0. The van der Waals surface area contributed by atoms with Gasteiger partial charge in [0.1, 0.15) is 0 Å². The van der Waals surface area contributed by atoms with Gasteiger partial charge in [-0.3, -0.25) is 0 Å². The molecule has 0 aliphatic rings. The van der Waals surface area contributed by atoms with E-state index in [1.54, 1.807) is 0 Å². The van der Waals surface area contributed by atoms with Gasteiger partial charge in [-0.25, -0.2) is 0 Å². The Morgan fingerprint density at radius 3 is 1.65 bits per heavy atom. The fourth-order valence-electron chi connectivity index (χ4n) is 2.07. The molecule has 0 nitrogen and oxygen atoms in total. The second-order valence-electron chi connectivity index (χ2n) is 5.08. The van der Waals surface area contributed by atoms with Crippen molar-refractivity contribution in [3.8, 4) is 0 Å². The monoisotopic (exact) mass is 237 g/mol. The van der Waals surface area contributed by atoms with Gasteiger partial charge in [0.05, 0.1) is 0 Å². The predicted molar refractivity (Wildman–Crippen MR) is 80.2 cm³/mol. The lowest BCUT2D eigenvalue weighted by Crippen LogP contribution is -1.80. The molecular weight excluding hydrogens is 204 g/mol. The second-order valence-corrected chi connectivity index (χ2v) is 5.08. The van der Waals surface area contributed by atoms with Crippen LogP contribution in [0.2, 0.25) is 0 Å². The van der Waals surface area contributed by atoms with Crippen LogP contribution in [0, 0.1) is 6.92 Å². The fraction of sp³-hybridized carbons (Fsp3) is 0.824. The van der Waals surface area contributed by atoms with E-state index in [4.69, 9.17) is 0 Å². The SMILES string of the molecule is [CH2]CCCC/C=C\CCCCCCCCCC. The third kappa shape index (κ3) is 15.7. The molecule has 0 saturated carbocycles. The van der Waals surface area contributed by atoms with Gasteiger partial charge in [-0.1, -0.05) is 83.8 Å². The molecule has 0 amide bonds. The molecule has 0 fully saturated rings. The zero-order chi connectivity index (χ0) is 12.6. The first kappa shape index (κ1) is 16.7. The smallest absolute Gasteiger partial charge is 0.0351 e. The molecule has 0 spiro atoms. The van der Waals surface area contributed by atoms with Gasteiger partial charge in [0.15, 0.2) is 0 Å². The molecule has 0 atom stereocenters. The summed E-state index contributed by atoms with van der Waals surface area (Å²) >= 11 is 0. The number of allylic oxidation sites excluding steroid dienone is 2. The molecule has 0 aromatic heterocycles. The zero-order valence-electron chi connectivity index (χ0n) is 12.1. The van der Waals surface area contributed by atoms with Crippen LogP contribution in [0.3, 0.4) is 0 Å². The summed E-state index contributed by atoms with van der Waals surface area (Å²) in [5, 5.41) is 0. The highest BCUT2D eigenvalue weighted by atomic mass is 14.0. The Bertz CT molecular complexity index is 146. The summed E-state index contributed by atoms with van der Waals surface area (Å²) in [6, 6.07) is 0. The lowest BCUT2D eigenvalue weighted by Gasteiger charge is -1.99. The molecule has 0 aromatic carbocycles. The van der Waals surface area contributed by atoms with Crippen LogP contribution in [0.15, 0.2) is 12.2 Å². The zero-order valence-corrected chi connectivity index (χ0v) is 12.1. The summed E-state index contributed by atoms with van der Waals surface area (Å²) in [6.07, 6.45) is 22.4. The van der Waals surface area contributed by atoms with Gasteiger partial charge < -0.3 is 0 Å². The lowest BCUT2D eigenvalue weighted by atomic mass is 10.1. The van der Waals surface area contributed by atoms with Gasteiger partial charge in [-0.15, -0.1) is 0 Å². The Morgan fingerprint density at radius 1 is 0.647 bits per heavy atom. The van der Waals surface area contributed by atoms with Gasteiger partial charge in [0, 0.05) is 0 Å². The predicted octanol–water partition coefficient (Wildman–Crippen LogP) is 6.47. The molecule has 0 bridgehead atoms. The van der Waals surface area contributed by atoms with Crippen molar-refractivity contribution in [1.29, 1.82) is 0 Å². The maximum atomic E-state index is 3.86. The normalized spacial score (nSPS) is 11.4. The third-order valence-electron chi connectivity index (χ3n) is 3.26. The molecule has 1 radical (unpaired) electrons. The first-order valence-corrected chi connectivity index (χ1v) is 7.86. The average Bonchev–Trinajstić information content (AvgIpc) is 2.35. The third-order valence-corrected chi connectivity index (χ3v) is 3.26. The molecule has 0 rings (SSSR count). The standard InChI is InChI=1S/C17H33/c1-3-5-7-9-11-13-15-17-16-14-12-10-8-6-4-2/h11,13H,1,3-10,12,14-17H2,2H3/b13-11-. The van der Waals surface area contributed by atoms with Crippen LogP contribution in [0.1, 0.15) is 90.4 Å². The fourth-order valence-corrected chi connectivity index (χ4v) is 2.07. The van der Waals surface area contributed by atoms with E-state index in [1.165, 1.54) is 77.0 Å². The van der Waals surface area contributed by atoms with E-state index < -0.39 is 0 Å². The van der Waals surface area contributed by atoms with E-state index in [2.05, 4.69) is 26.0 Å². The Morgan fingerprint density at radius 2 is 1.12 bits per heavy atom. The van der Waals surface area contributed by atoms with Crippen LogP contribution in [0.25, 0.3) is 0 Å². The van der Waals surface area contributed by atoms with Gasteiger partial charge in [0.2, 0.25) is 0 Å². The summed E-state index contributed by atoms with van der Waals surface area (Å²) in [4.78, 5) is 0. The number of unbranched alkanes of at least 4 members (excludes halogenated alkanes) is 11. The van der Waals surface area contributed by atoms with Gasteiger partial charge in [-0.2, -0.15) is 0 Å². The van der Waals surface area contributed by atoms with E-state index in [9.17, 15) is 0 Å². The van der Waals surface area contributed by atoms with E-state index in [-0.39, 0.29) is 0 Å². The molecule has 17 heavy (non-hydrogen) atoms. The molecular formula is C17H33. The molecule has 0 aliphatic heterocycles. The first-order valence-electron chi connectivity index (χ1n) is 7.86. The highest BCUT2D eigenvalue weighted by molar-refractivity contribution is 4.81. The van der Waals surface area contributed by atoms with E-state index in [1.807, 2.05) is 0 Å². The molecule has 0 N–H and O–H groups in total. The van der Waals surface area contributed by atoms with E-state index >= 15 is 0 Å². The summed E-state index contributed by atoms with van der Waals surface area (Å²) in [5.41, 5.74) is 0. The van der Waals surface area contributed by atoms with Crippen LogP contribution >= 0.6 is 0 Å². The summed E-state index contributed by atoms with van der Waals surface area (Å²) in [7, 11) is 0. The van der Waals surface area contributed by atoms with Crippen molar-refractivity contribution in [2.75, 3.05) is 0 Å². The maximum Gasteiger partial charge on any atom is -0.0351 e. The van der Waals surface area contributed by atoms with Crippen LogP contribution in [-0.2, 0) is 0 Å². The summed E-state index contributed by atoms with van der Waals surface area (Å²) in [6.45, 7) is 6.14. The van der Waals surface area contributed by atoms with Crippen molar-refractivity contribution in [2.24, 2.45) is 0 Å². The summed E-state index contributed by atoms with van der Waals surface area (Å²) < 4.78 is 0. The molecule has 0 aliphatic carbocycles. The van der Waals surface area contributed by atoms with E-state index in [0.717, 1.165) is 6.42 Å². The number of hydrogen-bond donors (Lipinski definition) is 0. The lowest BCUT2D eigenvalue weighted by molar-refractivity contribution is 0.577. The Hall–Kier alpha value is -0.260. The minimum atomic E-state index is 1.09. The van der Waals surface area contributed by atoms with Crippen molar-refractivity contribution < 1.29 is 0 Å². The van der Waals surface area contributed by atoms with E-state index in [0.29, 0.717) is 0 Å². The Labute approximate surface area is 110 Å². The molecule has 0 heteroatoms.